The summed E-state index contributed by atoms with van der Waals surface area (Å²) in [7, 11) is 0. The summed E-state index contributed by atoms with van der Waals surface area (Å²) in [4.78, 5) is 3.77. The van der Waals surface area contributed by atoms with E-state index >= 15 is 0 Å². The summed E-state index contributed by atoms with van der Waals surface area (Å²) >= 11 is 5.62. The molecule has 0 fully saturated rings. The molecule has 1 aromatic rings. The number of hydrogen-bond donors (Lipinski definition) is 1. The first kappa shape index (κ1) is 9.88. The average Bonchev–Trinajstić information content (AvgIpc) is 1.89. The SMILES string of the molecule is Br.OCc1cnccc1Cl. The van der Waals surface area contributed by atoms with E-state index in [1.54, 1.807) is 18.5 Å². The number of aliphatic hydroxyl groups is 1. The first-order chi connectivity index (χ1) is 4.34. The first-order valence-electron chi connectivity index (χ1n) is 2.54. The molecule has 0 spiro atoms. The zero-order valence-corrected chi connectivity index (χ0v) is 7.59. The first-order valence-corrected chi connectivity index (χ1v) is 2.91. The van der Waals surface area contributed by atoms with E-state index in [-0.39, 0.29) is 23.6 Å². The van der Waals surface area contributed by atoms with E-state index in [0.29, 0.717) is 10.6 Å². The molecule has 0 bridgehead atoms. The molecule has 56 valence electrons. The fourth-order valence-corrected chi connectivity index (χ4v) is 0.691. The van der Waals surface area contributed by atoms with Crippen molar-refractivity contribution in [3.05, 3.63) is 29.0 Å². The maximum Gasteiger partial charge on any atom is 0.0711 e. The molecule has 0 aliphatic heterocycles. The second kappa shape index (κ2) is 4.66. The van der Waals surface area contributed by atoms with Gasteiger partial charge in [0.25, 0.3) is 0 Å². The number of pyridine rings is 1. The van der Waals surface area contributed by atoms with Gasteiger partial charge in [0.2, 0.25) is 0 Å². The number of halogens is 2. The number of nitrogens with zero attached hydrogens (tertiary/aromatic N) is 1. The Labute approximate surface area is 74.6 Å². The van der Waals surface area contributed by atoms with Crippen LogP contribution < -0.4 is 0 Å². The molecule has 1 heterocycles. The molecule has 0 aliphatic rings. The fourth-order valence-electron chi connectivity index (χ4n) is 0.527. The third kappa shape index (κ3) is 2.25. The fraction of sp³-hybridized carbons (Fsp3) is 0.167. The van der Waals surface area contributed by atoms with E-state index in [4.69, 9.17) is 16.7 Å². The van der Waals surface area contributed by atoms with Gasteiger partial charge in [-0.05, 0) is 6.07 Å². The van der Waals surface area contributed by atoms with Crippen molar-refractivity contribution in [2.75, 3.05) is 0 Å². The molecular formula is C6H7BrClNO. The summed E-state index contributed by atoms with van der Waals surface area (Å²) < 4.78 is 0. The highest BCUT2D eigenvalue weighted by atomic mass is 79.9. The van der Waals surface area contributed by atoms with E-state index in [1.165, 1.54) is 0 Å². The van der Waals surface area contributed by atoms with Crippen LogP contribution in [0.4, 0.5) is 0 Å². The molecule has 0 unspecified atom stereocenters. The standard InChI is InChI=1S/C6H6ClNO.BrH/c7-6-1-2-8-3-5(6)4-9;/h1-3,9H,4H2;1H. The van der Waals surface area contributed by atoms with E-state index in [0.717, 1.165) is 0 Å². The number of aromatic nitrogens is 1. The number of hydrogen-bond acceptors (Lipinski definition) is 2. The highest BCUT2D eigenvalue weighted by Gasteiger charge is 1.94. The molecule has 0 aliphatic carbocycles. The van der Waals surface area contributed by atoms with Crippen LogP contribution in [0.3, 0.4) is 0 Å². The van der Waals surface area contributed by atoms with Crippen LogP contribution in [0.15, 0.2) is 18.5 Å². The monoisotopic (exact) mass is 223 g/mol. The van der Waals surface area contributed by atoms with Crippen molar-refractivity contribution in [1.82, 2.24) is 4.98 Å². The Hall–Kier alpha value is -0.120. The van der Waals surface area contributed by atoms with Gasteiger partial charge in [-0.3, -0.25) is 4.98 Å². The quantitative estimate of drug-likeness (QED) is 0.789. The van der Waals surface area contributed by atoms with Crippen molar-refractivity contribution in [2.45, 2.75) is 6.61 Å². The van der Waals surface area contributed by atoms with Crippen LogP contribution in [0, 0.1) is 0 Å². The predicted octanol–water partition coefficient (Wildman–Crippen LogP) is 1.81. The molecule has 1 N–H and O–H groups in total. The Morgan fingerprint density at radius 1 is 1.60 bits per heavy atom. The van der Waals surface area contributed by atoms with Gasteiger partial charge in [0, 0.05) is 23.0 Å². The van der Waals surface area contributed by atoms with Crippen molar-refractivity contribution in [3.8, 4) is 0 Å². The van der Waals surface area contributed by atoms with Crippen LogP contribution >= 0.6 is 28.6 Å². The third-order valence-electron chi connectivity index (χ3n) is 1.01. The molecule has 1 rings (SSSR count). The van der Waals surface area contributed by atoms with E-state index in [2.05, 4.69) is 4.98 Å². The third-order valence-corrected chi connectivity index (χ3v) is 1.38. The Balaban J connectivity index is 0.000000810. The van der Waals surface area contributed by atoms with Crippen LogP contribution in [-0.4, -0.2) is 10.1 Å². The maximum absolute atomic E-state index is 8.59. The zero-order valence-electron chi connectivity index (χ0n) is 5.12. The average molecular weight is 224 g/mol. The van der Waals surface area contributed by atoms with E-state index in [1.807, 2.05) is 0 Å². The van der Waals surface area contributed by atoms with Crippen LogP contribution in [-0.2, 0) is 6.61 Å². The molecule has 2 nitrogen and oxygen atoms in total. The van der Waals surface area contributed by atoms with Crippen LogP contribution in [0.1, 0.15) is 5.56 Å². The van der Waals surface area contributed by atoms with Gasteiger partial charge in [0.15, 0.2) is 0 Å². The summed E-state index contributed by atoms with van der Waals surface area (Å²) in [6.07, 6.45) is 3.13. The molecule has 0 aromatic carbocycles. The molecule has 1 aromatic heterocycles. The Bertz CT molecular complexity index is 207. The van der Waals surface area contributed by atoms with Crippen molar-refractivity contribution in [3.63, 3.8) is 0 Å². The predicted molar refractivity (Wildman–Crippen MR) is 45.5 cm³/mol. The normalized spacial score (nSPS) is 8.60. The van der Waals surface area contributed by atoms with Gasteiger partial charge in [-0.15, -0.1) is 17.0 Å². The van der Waals surface area contributed by atoms with Gasteiger partial charge < -0.3 is 5.11 Å². The lowest BCUT2D eigenvalue weighted by molar-refractivity contribution is 0.281. The van der Waals surface area contributed by atoms with Crippen LogP contribution in [0.25, 0.3) is 0 Å². The van der Waals surface area contributed by atoms with E-state index in [9.17, 15) is 0 Å². The maximum atomic E-state index is 8.59. The molecular weight excluding hydrogens is 217 g/mol. The van der Waals surface area contributed by atoms with Gasteiger partial charge in [-0.2, -0.15) is 0 Å². The van der Waals surface area contributed by atoms with Gasteiger partial charge in [0.1, 0.15) is 0 Å². The molecule has 0 saturated heterocycles. The summed E-state index contributed by atoms with van der Waals surface area (Å²) in [5.41, 5.74) is 0.666. The minimum atomic E-state index is -0.0489. The smallest absolute Gasteiger partial charge is 0.0711 e. The Morgan fingerprint density at radius 2 is 2.30 bits per heavy atom. The minimum absolute atomic E-state index is 0. The Morgan fingerprint density at radius 3 is 2.70 bits per heavy atom. The van der Waals surface area contributed by atoms with Crippen LogP contribution in [0.5, 0.6) is 0 Å². The summed E-state index contributed by atoms with van der Waals surface area (Å²) in [5.74, 6) is 0. The van der Waals surface area contributed by atoms with Crippen molar-refractivity contribution >= 4 is 28.6 Å². The van der Waals surface area contributed by atoms with Gasteiger partial charge in [0.05, 0.1) is 6.61 Å². The molecule has 10 heavy (non-hydrogen) atoms. The second-order valence-electron chi connectivity index (χ2n) is 1.63. The van der Waals surface area contributed by atoms with Crippen molar-refractivity contribution < 1.29 is 5.11 Å². The topological polar surface area (TPSA) is 33.1 Å². The molecule has 0 amide bonds. The van der Waals surface area contributed by atoms with Gasteiger partial charge in [-0.25, -0.2) is 0 Å². The highest BCUT2D eigenvalue weighted by Crippen LogP contribution is 2.12. The molecule has 0 radical (unpaired) electrons. The number of rotatable bonds is 1. The van der Waals surface area contributed by atoms with Gasteiger partial charge in [-0.1, -0.05) is 11.6 Å². The lowest BCUT2D eigenvalue weighted by Gasteiger charge is -1.94. The van der Waals surface area contributed by atoms with Crippen LogP contribution in [0.2, 0.25) is 5.02 Å². The summed E-state index contributed by atoms with van der Waals surface area (Å²) in [6.45, 7) is -0.0489. The largest absolute Gasteiger partial charge is 0.392 e. The Kier molecular flexibility index (Phi) is 4.60. The molecule has 0 saturated carbocycles. The van der Waals surface area contributed by atoms with Crippen molar-refractivity contribution in [1.29, 1.82) is 0 Å². The molecule has 4 heteroatoms. The minimum Gasteiger partial charge on any atom is -0.392 e. The van der Waals surface area contributed by atoms with Crippen molar-refractivity contribution in [2.24, 2.45) is 0 Å². The van der Waals surface area contributed by atoms with Gasteiger partial charge >= 0.3 is 0 Å². The summed E-state index contributed by atoms with van der Waals surface area (Å²) in [6, 6.07) is 1.65. The highest BCUT2D eigenvalue weighted by molar-refractivity contribution is 8.93. The second-order valence-corrected chi connectivity index (χ2v) is 2.03. The molecule has 0 atom stereocenters. The lowest BCUT2D eigenvalue weighted by Crippen LogP contribution is -1.84. The lowest BCUT2D eigenvalue weighted by atomic mass is 10.3. The number of aliphatic hydroxyl groups excluding tert-OH is 1. The van der Waals surface area contributed by atoms with E-state index < -0.39 is 0 Å². The zero-order chi connectivity index (χ0) is 6.69. The summed E-state index contributed by atoms with van der Waals surface area (Å²) in [5, 5.41) is 9.16.